The number of methoxy groups -OCH3 is 1. The number of esters is 1. The first-order chi connectivity index (χ1) is 13.5. The van der Waals surface area contributed by atoms with Crippen LogP contribution in [0.3, 0.4) is 0 Å². The number of ketones is 1. The number of benzene rings is 2. The lowest BCUT2D eigenvalue weighted by Gasteiger charge is -2.09. The smallest absolute Gasteiger partial charge is 0.340 e. The van der Waals surface area contributed by atoms with Crippen molar-refractivity contribution in [1.29, 1.82) is 0 Å². The lowest BCUT2D eigenvalue weighted by molar-refractivity contribution is 0.0473. The number of Topliss-reactive ketones (excluding diaryl/α,β-unsaturated/α-hetero) is 1. The average molecular weight is 379 g/mol. The molecule has 0 unspecified atom stereocenters. The lowest BCUT2D eigenvalue weighted by Crippen LogP contribution is -2.15. The molecule has 28 heavy (non-hydrogen) atoms. The molecule has 0 radical (unpaired) electrons. The molecule has 0 fully saturated rings. The van der Waals surface area contributed by atoms with Crippen LogP contribution in [0.25, 0.3) is 10.9 Å². The standard InChI is InChI=1S/C22H21NO5/c1-4-27-17-8-5-15(6-9-17)21(24)13-28-22(25)19-11-16-7-10-18(26-3)12-20(16)23-14(19)2/h5-12H,4,13H2,1-3H3. The number of nitrogens with zero attached hydrogens (tertiary/aromatic N) is 1. The van der Waals surface area contributed by atoms with Gasteiger partial charge in [0.15, 0.2) is 12.4 Å². The van der Waals surface area contributed by atoms with E-state index in [9.17, 15) is 9.59 Å². The molecule has 0 bridgehead atoms. The fourth-order valence-electron chi connectivity index (χ4n) is 2.77. The predicted molar refractivity (Wildman–Crippen MR) is 105 cm³/mol. The van der Waals surface area contributed by atoms with Crippen LogP contribution in [-0.2, 0) is 4.74 Å². The molecule has 3 aromatic rings. The van der Waals surface area contributed by atoms with Crippen LogP contribution in [0.4, 0.5) is 0 Å². The summed E-state index contributed by atoms with van der Waals surface area (Å²) in [4.78, 5) is 29.2. The zero-order valence-corrected chi connectivity index (χ0v) is 16.0. The normalized spacial score (nSPS) is 10.5. The van der Waals surface area contributed by atoms with E-state index in [1.54, 1.807) is 56.5 Å². The van der Waals surface area contributed by atoms with Crippen LogP contribution in [0.5, 0.6) is 11.5 Å². The minimum atomic E-state index is -0.581. The van der Waals surface area contributed by atoms with Crippen LogP contribution in [0.15, 0.2) is 48.5 Å². The Bertz CT molecular complexity index is 1010. The first-order valence-corrected chi connectivity index (χ1v) is 8.90. The maximum atomic E-state index is 12.4. The van der Waals surface area contributed by atoms with E-state index in [4.69, 9.17) is 14.2 Å². The van der Waals surface area contributed by atoms with Crippen LogP contribution in [0.2, 0.25) is 0 Å². The Labute approximate surface area is 163 Å². The van der Waals surface area contributed by atoms with Crippen molar-refractivity contribution in [3.8, 4) is 11.5 Å². The molecule has 0 aliphatic carbocycles. The highest BCUT2D eigenvalue weighted by atomic mass is 16.5. The molecule has 0 aliphatic rings. The van der Waals surface area contributed by atoms with Crippen molar-refractivity contribution in [2.75, 3.05) is 20.3 Å². The minimum absolute atomic E-state index is 0.285. The van der Waals surface area contributed by atoms with Gasteiger partial charge in [0.05, 0.1) is 30.5 Å². The first-order valence-electron chi connectivity index (χ1n) is 8.90. The summed E-state index contributed by atoms with van der Waals surface area (Å²) in [5.41, 5.74) is 2.03. The number of pyridine rings is 1. The first kappa shape index (κ1) is 19.4. The van der Waals surface area contributed by atoms with Gasteiger partial charge in [-0.05, 0) is 56.3 Å². The molecule has 0 spiro atoms. The topological polar surface area (TPSA) is 74.7 Å². The molecule has 1 heterocycles. The third-order valence-electron chi connectivity index (χ3n) is 4.26. The van der Waals surface area contributed by atoms with E-state index >= 15 is 0 Å². The predicted octanol–water partition coefficient (Wildman–Crippen LogP) is 3.99. The number of carbonyl (C=O) groups excluding carboxylic acids is 2. The highest BCUT2D eigenvalue weighted by Gasteiger charge is 2.16. The number of hydrogen-bond acceptors (Lipinski definition) is 6. The van der Waals surface area contributed by atoms with E-state index in [0.29, 0.717) is 34.9 Å². The largest absolute Gasteiger partial charge is 0.497 e. The van der Waals surface area contributed by atoms with Gasteiger partial charge in [-0.3, -0.25) is 9.78 Å². The molecular weight excluding hydrogens is 358 g/mol. The molecule has 0 saturated carbocycles. The number of hydrogen-bond donors (Lipinski definition) is 0. The quantitative estimate of drug-likeness (QED) is 0.456. The fraction of sp³-hybridized carbons (Fsp3) is 0.227. The van der Waals surface area contributed by atoms with Crippen LogP contribution >= 0.6 is 0 Å². The van der Waals surface area contributed by atoms with Gasteiger partial charge in [0.1, 0.15) is 11.5 Å². The zero-order valence-electron chi connectivity index (χ0n) is 16.0. The van der Waals surface area contributed by atoms with E-state index in [0.717, 1.165) is 10.9 Å². The van der Waals surface area contributed by atoms with E-state index < -0.39 is 5.97 Å². The third-order valence-corrected chi connectivity index (χ3v) is 4.26. The monoisotopic (exact) mass is 379 g/mol. The lowest BCUT2D eigenvalue weighted by atomic mass is 10.1. The van der Waals surface area contributed by atoms with Crippen molar-refractivity contribution in [3.05, 3.63) is 65.4 Å². The van der Waals surface area contributed by atoms with Crippen LogP contribution < -0.4 is 9.47 Å². The van der Waals surface area contributed by atoms with Gasteiger partial charge in [-0.2, -0.15) is 0 Å². The van der Waals surface area contributed by atoms with Gasteiger partial charge < -0.3 is 14.2 Å². The minimum Gasteiger partial charge on any atom is -0.497 e. The molecule has 0 atom stereocenters. The van der Waals surface area contributed by atoms with E-state index in [2.05, 4.69) is 4.98 Å². The molecule has 0 N–H and O–H groups in total. The van der Waals surface area contributed by atoms with Crippen molar-refractivity contribution in [3.63, 3.8) is 0 Å². The molecule has 6 nitrogen and oxygen atoms in total. The molecule has 0 aliphatic heterocycles. The molecule has 144 valence electrons. The Morgan fingerprint density at radius 2 is 1.71 bits per heavy atom. The number of aromatic nitrogens is 1. The number of fused-ring (bicyclic) bond motifs is 1. The second-order valence-corrected chi connectivity index (χ2v) is 6.14. The van der Waals surface area contributed by atoms with Gasteiger partial charge in [-0.15, -0.1) is 0 Å². The summed E-state index contributed by atoms with van der Waals surface area (Å²) in [6, 6.07) is 13.9. The van der Waals surface area contributed by atoms with Gasteiger partial charge in [0.25, 0.3) is 0 Å². The Balaban J connectivity index is 1.70. The van der Waals surface area contributed by atoms with Crippen LogP contribution in [0.1, 0.15) is 33.3 Å². The second kappa shape index (κ2) is 8.52. The van der Waals surface area contributed by atoms with Gasteiger partial charge >= 0.3 is 5.97 Å². The summed E-state index contributed by atoms with van der Waals surface area (Å²) in [5, 5.41) is 0.788. The summed E-state index contributed by atoms with van der Waals surface area (Å²) in [5.74, 6) is 0.510. The fourth-order valence-corrected chi connectivity index (χ4v) is 2.77. The van der Waals surface area contributed by atoms with Gasteiger partial charge in [-0.1, -0.05) is 0 Å². The Morgan fingerprint density at radius 3 is 2.39 bits per heavy atom. The Kier molecular flexibility index (Phi) is 5.89. The summed E-state index contributed by atoms with van der Waals surface area (Å²) in [6.07, 6.45) is 0. The summed E-state index contributed by atoms with van der Waals surface area (Å²) in [7, 11) is 1.58. The van der Waals surface area contributed by atoms with Crippen molar-refractivity contribution in [1.82, 2.24) is 4.98 Å². The number of rotatable bonds is 7. The molecule has 3 rings (SSSR count). The van der Waals surface area contributed by atoms with E-state index in [1.165, 1.54) is 0 Å². The van der Waals surface area contributed by atoms with E-state index in [1.807, 2.05) is 13.0 Å². The summed E-state index contributed by atoms with van der Waals surface area (Å²) in [6.45, 7) is 3.83. The van der Waals surface area contributed by atoms with Crippen molar-refractivity contribution in [2.45, 2.75) is 13.8 Å². The van der Waals surface area contributed by atoms with Crippen LogP contribution in [-0.4, -0.2) is 37.1 Å². The van der Waals surface area contributed by atoms with Crippen LogP contribution in [0, 0.1) is 6.92 Å². The van der Waals surface area contributed by atoms with Crippen molar-refractivity contribution >= 4 is 22.7 Å². The molecule has 0 amide bonds. The molecule has 6 heteroatoms. The van der Waals surface area contributed by atoms with E-state index in [-0.39, 0.29) is 12.4 Å². The van der Waals surface area contributed by atoms with Gasteiger partial charge in [-0.25, -0.2) is 4.79 Å². The second-order valence-electron chi connectivity index (χ2n) is 6.14. The highest BCUT2D eigenvalue weighted by molar-refractivity contribution is 6.00. The summed E-state index contributed by atoms with van der Waals surface area (Å²) < 4.78 is 15.8. The third kappa shape index (κ3) is 4.28. The maximum absolute atomic E-state index is 12.4. The molecule has 2 aromatic carbocycles. The SMILES string of the molecule is CCOc1ccc(C(=O)COC(=O)c2cc3ccc(OC)cc3nc2C)cc1. The summed E-state index contributed by atoms with van der Waals surface area (Å²) >= 11 is 0. The molecule has 0 saturated heterocycles. The molecule has 1 aromatic heterocycles. The Hall–Kier alpha value is -3.41. The molecular formula is C22H21NO5. The van der Waals surface area contributed by atoms with Gasteiger partial charge in [0, 0.05) is 17.0 Å². The van der Waals surface area contributed by atoms with Crippen molar-refractivity contribution < 1.29 is 23.8 Å². The van der Waals surface area contributed by atoms with Gasteiger partial charge in [0.2, 0.25) is 0 Å². The highest BCUT2D eigenvalue weighted by Crippen LogP contribution is 2.22. The Morgan fingerprint density at radius 1 is 1.00 bits per heavy atom. The zero-order chi connectivity index (χ0) is 20.1. The number of carbonyl (C=O) groups is 2. The average Bonchev–Trinajstić information content (AvgIpc) is 2.71. The maximum Gasteiger partial charge on any atom is 0.340 e. The number of ether oxygens (including phenoxy) is 3. The van der Waals surface area contributed by atoms with Crippen molar-refractivity contribution in [2.24, 2.45) is 0 Å². The number of aryl methyl sites for hydroxylation is 1.